The van der Waals surface area contributed by atoms with Gasteiger partial charge in [0.25, 0.3) is 0 Å². The van der Waals surface area contributed by atoms with Gasteiger partial charge in [0.05, 0.1) is 6.10 Å². The van der Waals surface area contributed by atoms with E-state index >= 15 is 0 Å². The van der Waals surface area contributed by atoms with Crippen molar-refractivity contribution in [2.75, 3.05) is 7.11 Å². The third-order valence-corrected chi connectivity index (χ3v) is 3.31. The van der Waals surface area contributed by atoms with Crippen LogP contribution in [0.5, 0.6) is 0 Å². The zero-order chi connectivity index (χ0) is 11.9. The lowest BCUT2D eigenvalue weighted by atomic mass is 9.78. The van der Waals surface area contributed by atoms with E-state index in [9.17, 15) is 4.79 Å². The summed E-state index contributed by atoms with van der Waals surface area (Å²) in [7, 11) is 1.75. The first kappa shape index (κ1) is 12.5. The highest BCUT2D eigenvalue weighted by Gasteiger charge is 2.46. The zero-order valence-electron chi connectivity index (χ0n) is 10.8. The number of likely N-dealkylation sites (tertiary alicyclic amines) is 1. The molecule has 0 spiro atoms. The summed E-state index contributed by atoms with van der Waals surface area (Å²) >= 11 is 0. The number of ether oxygens (including phenoxy) is 1. The Morgan fingerprint density at radius 1 is 1.20 bits per heavy atom. The Morgan fingerprint density at radius 2 is 1.60 bits per heavy atom. The first-order valence-corrected chi connectivity index (χ1v) is 5.54. The van der Waals surface area contributed by atoms with Gasteiger partial charge in [-0.3, -0.25) is 4.79 Å². The van der Waals surface area contributed by atoms with E-state index < -0.39 is 0 Å². The molecule has 0 radical (unpaired) electrons. The molecule has 1 saturated heterocycles. The molecule has 1 aliphatic rings. The van der Waals surface area contributed by atoms with E-state index in [1.165, 1.54) is 0 Å². The Hall–Kier alpha value is -0.570. The number of hydrogen-bond acceptors (Lipinski definition) is 2. The molecule has 0 aromatic carbocycles. The van der Waals surface area contributed by atoms with Crippen LogP contribution in [-0.4, -0.2) is 35.1 Å². The highest BCUT2D eigenvalue weighted by Crippen LogP contribution is 2.39. The monoisotopic (exact) mass is 213 g/mol. The number of hydrogen-bond donors (Lipinski definition) is 0. The number of carbonyl (C=O) groups excluding carboxylic acids is 1. The summed E-state index contributed by atoms with van der Waals surface area (Å²) in [4.78, 5) is 13.7. The summed E-state index contributed by atoms with van der Waals surface area (Å²) in [6.07, 6.45) is 2.07. The fraction of sp³-hybridized carbons (Fsp3) is 0.917. The fourth-order valence-corrected chi connectivity index (χ4v) is 3.21. The van der Waals surface area contributed by atoms with Crippen molar-refractivity contribution in [3.05, 3.63) is 0 Å². The molecule has 0 bridgehead atoms. The molecule has 15 heavy (non-hydrogen) atoms. The van der Waals surface area contributed by atoms with Crippen molar-refractivity contribution in [3.63, 3.8) is 0 Å². The average molecular weight is 213 g/mol. The van der Waals surface area contributed by atoms with E-state index in [0.29, 0.717) is 0 Å². The van der Waals surface area contributed by atoms with Crippen molar-refractivity contribution in [1.82, 2.24) is 4.90 Å². The second kappa shape index (κ2) is 3.78. The molecule has 1 amide bonds. The van der Waals surface area contributed by atoms with Gasteiger partial charge in [-0.05, 0) is 40.5 Å². The van der Waals surface area contributed by atoms with Crippen LogP contribution in [0, 0.1) is 0 Å². The van der Waals surface area contributed by atoms with Crippen LogP contribution in [0.25, 0.3) is 0 Å². The van der Waals surface area contributed by atoms with Crippen LogP contribution in [0.15, 0.2) is 0 Å². The van der Waals surface area contributed by atoms with Gasteiger partial charge in [0, 0.05) is 25.1 Å². The third-order valence-electron chi connectivity index (χ3n) is 3.31. The Kier molecular flexibility index (Phi) is 3.15. The van der Waals surface area contributed by atoms with Crippen LogP contribution in [0.3, 0.4) is 0 Å². The maximum Gasteiger partial charge on any atom is 0.220 e. The standard InChI is InChI=1S/C12H23NO2/c1-9(14)13-11(2,3)7-10(15-6)8-12(13,4)5/h10H,7-8H2,1-6H3. The Labute approximate surface area is 92.8 Å². The molecule has 1 fully saturated rings. The molecule has 1 aliphatic heterocycles. The van der Waals surface area contributed by atoms with Crippen molar-refractivity contribution in [1.29, 1.82) is 0 Å². The molecule has 3 heteroatoms. The predicted molar refractivity (Wildman–Crippen MR) is 60.7 cm³/mol. The van der Waals surface area contributed by atoms with Crippen molar-refractivity contribution < 1.29 is 9.53 Å². The van der Waals surface area contributed by atoms with Crippen LogP contribution >= 0.6 is 0 Å². The lowest BCUT2D eigenvalue weighted by Gasteiger charge is -2.54. The SMILES string of the molecule is COC1CC(C)(C)N(C(C)=O)C(C)(C)C1. The van der Waals surface area contributed by atoms with E-state index in [0.717, 1.165) is 12.8 Å². The first-order chi connectivity index (χ1) is 6.70. The number of nitrogens with zero attached hydrogens (tertiary/aromatic N) is 1. The average Bonchev–Trinajstić information content (AvgIpc) is 1.97. The van der Waals surface area contributed by atoms with Gasteiger partial charge in [0.15, 0.2) is 0 Å². The highest BCUT2D eigenvalue weighted by molar-refractivity contribution is 5.75. The lowest BCUT2D eigenvalue weighted by molar-refractivity contribution is -0.154. The predicted octanol–water partition coefficient (Wildman–Crippen LogP) is 2.20. The molecule has 0 aromatic heterocycles. The summed E-state index contributed by atoms with van der Waals surface area (Å²) in [6.45, 7) is 10.1. The summed E-state index contributed by atoms with van der Waals surface area (Å²) in [5.41, 5.74) is -0.234. The largest absolute Gasteiger partial charge is 0.381 e. The highest BCUT2D eigenvalue weighted by atomic mass is 16.5. The van der Waals surface area contributed by atoms with Crippen molar-refractivity contribution >= 4 is 5.91 Å². The zero-order valence-corrected chi connectivity index (χ0v) is 10.8. The van der Waals surface area contributed by atoms with Crippen molar-refractivity contribution in [3.8, 4) is 0 Å². The maximum absolute atomic E-state index is 11.7. The van der Waals surface area contributed by atoms with E-state index in [-0.39, 0.29) is 23.1 Å². The normalized spacial score (nSPS) is 25.3. The van der Waals surface area contributed by atoms with E-state index in [1.807, 2.05) is 4.90 Å². The minimum Gasteiger partial charge on any atom is -0.381 e. The number of piperidine rings is 1. The van der Waals surface area contributed by atoms with Crippen LogP contribution in [0.4, 0.5) is 0 Å². The van der Waals surface area contributed by atoms with Crippen molar-refractivity contribution in [2.45, 2.75) is 64.6 Å². The van der Waals surface area contributed by atoms with Gasteiger partial charge in [-0.15, -0.1) is 0 Å². The number of methoxy groups -OCH3 is 1. The molecule has 0 aliphatic carbocycles. The summed E-state index contributed by atoms with van der Waals surface area (Å²) < 4.78 is 5.45. The molecule has 0 saturated carbocycles. The number of carbonyl (C=O) groups is 1. The third kappa shape index (κ3) is 2.33. The summed E-state index contributed by atoms with van der Waals surface area (Å²) in [5.74, 6) is 0.152. The quantitative estimate of drug-likeness (QED) is 0.668. The number of rotatable bonds is 1. The van der Waals surface area contributed by atoms with Crippen molar-refractivity contribution in [2.24, 2.45) is 0 Å². The minimum absolute atomic E-state index is 0.117. The van der Waals surface area contributed by atoms with Gasteiger partial charge in [-0.1, -0.05) is 0 Å². The Balaban J connectivity index is 3.00. The van der Waals surface area contributed by atoms with E-state index in [4.69, 9.17) is 4.74 Å². The molecule has 1 rings (SSSR count). The van der Waals surface area contributed by atoms with Gasteiger partial charge in [-0.25, -0.2) is 0 Å². The maximum atomic E-state index is 11.7. The van der Waals surface area contributed by atoms with Gasteiger partial charge in [0.2, 0.25) is 5.91 Å². The van der Waals surface area contributed by atoms with Gasteiger partial charge in [-0.2, -0.15) is 0 Å². The molecule has 0 N–H and O–H groups in total. The van der Waals surface area contributed by atoms with Gasteiger partial charge in [0.1, 0.15) is 0 Å². The fourth-order valence-electron chi connectivity index (χ4n) is 3.21. The molecule has 3 nitrogen and oxygen atoms in total. The molecule has 0 aromatic rings. The van der Waals surface area contributed by atoms with Crippen LogP contribution in [-0.2, 0) is 9.53 Å². The molecule has 1 heterocycles. The summed E-state index contributed by atoms with van der Waals surface area (Å²) in [5, 5.41) is 0. The van der Waals surface area contributed by atoms with Gasteiger partial charge >= 0.3 is 0 Å². The Morgan fingerprint density at radius 3 is 1.87 bits per heavy atom. The van der Waals surface area contributed by atoms with E-state index in [1.54, 1.807) is 14.0 Å². The number of amides is 1. The van der Waals surface area contributed by atoms with Gasteiger partial charge < -0.3 is 9.64 Å². The molecule has 0 atom stereocenters. The first-order valence-electron chi connectivity index (χ1n) is 5.54. The van der Waals surface area contributed by atoms with E-state index in [2.05, 4.69) is 27.7 Å². The Bertz CT molecular complexity index is 240. The minimum atomic E-state index is -0.117. The second-order valence-corrected chi connectivity index (χ2v) is 5.75. The molecule has 88 valence electrons. The van der Waals surface area contributed by atoms with Crippen LogP contribution in [0.1, 0.15) is 47.5 Å². The topological polar surface area (TPSA) is 29.5 Å². The van der Waals surface area contributed by atoms with Crippen LogP contribution < -0.4 is 0 Å². The molecule has 0 unspecified atom stereocenters. The van der Waals surface area contributed by atoms with Crippen LogP contribution in [0.2, 0.25) is 0 Å². The molecular formula is C12H23NO2. The summed E-state index contributed by atoms with van der Waals surface area (Å²) in [6, 6.07) is 0. The lowest BCUT2D eigenvalue weighted by Crippen LogP contribution is -2.63. The second-order valence-electron chi connectivity index (χ2n) is 5.75. The smallest absolute Gasteiger partial charge is 0.220 e. The molecular weight excluding hydrogens is 190 g/mol.